The van der Waals surface area contributed by atoms with Crippen LogP contribution < -0.4 is 10.6 Å². The second-order valence-corrected chi connectivity index (χ2v) is 5.71. The lowest BCUT2D eigenvalue weighted by Gasteiger charge is -2.19. The van der Waals surface area contributed by atoms with Gasteiger partial charge in [0.1, 0.15) is 0 Å². The standard InChI is InChI=1S/C17H34N4O3.HI/c1-4-18-17(20-11-8-16(22)21(5-2)6-3)19-10-7-12-24-15-9-13-23-14-15;/h15H,4-14H2,1-3H3,(H2,18,19,20);1H. The zero-order chi connectivity index (χ0) is 17.6. The van der Waals surface area contributed by atoms with Crippen LogP contribution in [0.4, 0.5) is 0 Å². The number of nitrogens with zero attached hydrogens (tertiary/aromatic N) is 2. The van der Waals surface area contributed by atoms with E-state index in [-0.39, 0.29) is 36.0 Å². The number of hydrogen-bond donors (Lipinski definition) is 2. The molecule has 2 N–H and O–H groups in total. The van der Waals surface area contributed by atoms with Gasteiger partial charge in [-0.1, -0.05) is 0 Å². The Kier molecular flexibility index (Phi) is 15.2. The number of rotatable bonds is 11. The molecule has 1 aliphatic heterocycles. The molecule has 0 aliphatic carbocycles. The van der Waals surface area contributed by atoms with Crippen molar-refractivity contribution in [2.24, 2.45) is 4.99 Å². The molecule has 1 atom stereocenters. The van der Waals surface area contributed by atoms with E-state index in [0.717, 1.165) is 45.0 Å². The van der Waals surface area contributed by atoms with Crippen LogP contribution >= 0.6 is 24.0 Å². The summed E-state index contributed by atoms with van der Waals surface area (Å²) in [5.74, 6) is 0.935. The van der Waals surface area contributed by atoms with Gasteiger partial charge in [0.15, 0.2) is 5.96 Å². The lowest BCUT2D eigenvalue weighted by Crippen LogP contribution is -2.40. The highest BCUT2D eigenvalue weighted by Gasteiger charge is 2.15. The molecule has 148 valence electrons. The fourth-order valence-electron chi connectivity index (χ4n) is 2.51. The van der Waals surface area contributed by atoms with E-state index < -0.39 is 0 Å². The molecule has 1 amide bonds. The van der Waals surface area contributed by atoms with Crippen LogP contribution in [0.5, 0.6) is 0 Å². The molecular formula is C17H35IN4O3. The molecule has 0 radical (unpaired) electrons. The van der Waals surface area contributed by atoms with Crippen molar-refractivity contribution in [1.82, 2.24) is 15.5 Å². The number of nitrogens with one attached hydrogen (secondary N) is 2. The molecule has 0 aromatic carbocycles. The molecule has 0 saturated carbocycles. The van der Waals surface area contributed by atoms with Crippen LogP contribution in [-0.4, -0.2) is 75.4 Å². The molecule has 1 rings (SSSR count). The summed E-state index contributed by atoms with van der Waals surface area (Å²) in [6.45, 7) is 11.9. The summed E-state index contributed by atoms with van der Waals surface area (Å²) in [5.41, 5.74) is 0. The number of halogens is 1. The molecule has 25 heavy (non-hydrogen) atoms. The van der Waals surface area contributed by atoms with Gasteiger partial charge in [-0.2, -0.15) is 0 Å². The number of carbonyl (C=O) groups is 1. The van der Waals surface area contributed by atoms with Crippen molar-refractivity contribution in [3.05, 3.63) is 0 Å². The average Bonchev–Trinajstić information content (AvgIpc) is 3.09. The first-order valence-electron chi connectivity index (χ1n) is 9.20. The van der Waals surface area contributed by atoms with Crippen molar-refractivity contribution >= 4 is 35.8 Å². The maximum absolute atomic E-state index is 12.0. The fraction of sp³-hybridized carbons (Fsp3) is 0.882. The van der Waals surface area contributed by atoms with Crippen LogP contribution in [0.25, 0.3) is 0 Å². The van der Waals surface area contributed by atoms with Crippen molar-refractivity contribution in [2.75, 3.05) is 52.5 Å². The zero-order valence-corrected chi connectivity index (χ0v) is 18.2. The van der Waals surface area contributed by atoms with Crippen LogP contribution in [0.15, 0.2) is 4.99 Å². The topological polar surface area (TPSA) is 75.2 Å². The number of ether oxygens (including phenoxy) is 2. The third-order valence-electron chi connectivity index (χ3n) is 3.91. The van der Waals surface area contributed by atoms with Gasteiger partial charge in [-0.3, -0.25) is 9.79 Å². The molecule has 1 unspecified atom stereocenters. The van der Waals surface area contributed by atoms with Crippen LogP contribution in [0, 0.1) is 0 Å². The van der Waals surface area contributed by atoms with E-state index in [0.29, 0.717) is 32.7 Å². The number of aliphatic imine (C=N–C) groups is 1. The Bertz CT molecular complexity index is 373. The predicted octanol–water partition coefficient (Wildman–Crippen LogP) is 1.61. The minimum atomic E-state index is 0. The quantitative estimate of drug-likeness (QED) is 0.208. The minimum Gasteiger partial charge on any atom is -0.379 e. The van der Waals surface area contributed by atoms with Gasteiger partial charge in [0, 0.05) is 52.4 Å². The van der Waals surface area contributed by atoms with Crippen molar-refractivity contribution in [3.8, 4) is 0 Å². The van der Waals surface area contributed by atoms with Gasteiger partial charge >= 0.3 is 0 Å². The summed E-state index contributed by atoms with van der Waals surface area (Å²) in [6, 6.07) is 0. The summed E-state index contributed by atoms with van der Waals surface area (Å²) in [4.78, 5) is 18.3. The molecule has 8 heteroatoms. The smallest absolute Gasteiger partial charge is 0.224 e. The average molecular weight is 470 g/mol. The van der Waals surface area contributed by atoms with E-state index in [9.17, 15) is 4.79 Å². The van der Waals surface area contributed by atoms with E-state index in [1.165, 1.54) is 0 Å². The second kappa shape index (κ2) is 15.6. The maximum Gasteiger partial charge on any atom is 0.224 e. The molecule has 0 aromatic heterocycles. The summed E-state index contributed by atoms with van der Waals surface area (Å²) in [6.07, 6.45) is 2.61. The third kappa shape index (κ3) is 10.9. The first-order chi connectivity index (χ1) is 11.7. The number of guanidine groups is 1. The number of amides is 1. The molecule has 0 bridgehead atoms. The number of carbonyl (C=O) groups excluding carboxylic acids is 1. The first-order valence-corrected chi connectivity index (χ1v) is 9.20. The molecule has 1 heterocycles. The van der Waals surface area contributed by atoms with E-state index in [1.54, 1.807) is 0 Å². The van der Waals surface area contributed by atoms with Crippen LogP contribution in [0.2, 0.25) is 0 Å². The van der Waals surface area contributed by atoms with E-state index in [1.807, 2.05) is 25.7 Å². The monoisotopic (exact) mass is 470 g/mol. The van der Waals surface area contributed by atoms with Gasteiger partial charge < -0.3 is 25.0 Å². The van der Waals surface area contributed by atoms with Crippen LogP contribution in [0.3, 0.4) is 0 Å². The maximum atomic E-state index is 12.0. The van der Waals surface area contributed by atoms with Crippen LogP contribution in [0.1, 0.15) is 40.0 Å². The Hall–Kier alpha value is -0.610. The van der Waals surface area contributed by atoms with Crippen molar-refractivity contribution in [2.45, 2.75) is 46.1 Å². The molecule has 1 fully saturated rings. The first kappa shape index (κ1) is 24.4. The van der Waals surface area contributed by atoms with Crippen molar-refractivity contribution < 1.29 is 14.3 Å². The Morgan fingerprint density at radius 3 is 2.64 bits per heavy atom. The lowest BCUT2D eigenvalue weighted by molar-refractivity contribution is -0.130. The van der Waals surface area contributed by atoms with Crippen molar-refractivity contribution in [1.29, 1.82) is 0 Å². The molecule has 0 aromatic rings. The van der Waals surface area contributed by atoms with E-state index >= 15 is 0 Å². The second-order valence-electron chi connectivity index (χ2n) is 5.71. The fourth-order valence-corrected chi connectivity index (χ4v) is 2.51. The van der Waals surface area contributed by atoms with Gasteiger partial charge in [-0.15, -0.1) is 24.0 Å². The predicted molar refractivity (Wildman–Crippen MR) is 112 cm³/mol. The minimum absolute atomic E-state index is 0. The summed E-state index contributed by atoms with van der Waals surface area (Å²) < 4.78 is 11.0. The Morgan fingerprint density at radius 1 is 1.28 bits per heavy atom. The summed E-state index contributed by atoms with van der Waals surface area (Å²) in [7, 11) is 0. The van der Waals surface area contributed by atoms with Crippen LogP contribution in [-0.2, 0) is 14.3 Å². The molecule has 1 saturated heterocycles. The van der Waals surface area contributed by atoms with E-state index in [2.05, 4.69) is 15.6 Å². The highest BCUT2D eigenvalue weighted by molar-refractivity contribution is 14.0. The Labute approximate surface area is 169 Å². The van der Waals surface area contributed by atoms with Crippen molar-refractivity contribution in [3.63, 3.8) is 0 Å². The molecule has 7 nitrogen and oxygen atoms in total. The molecule has 0 spiro atoms. The summed E-state index contributed by atoms with van der Waals surface area (Å²) in [5, 5.41) is 6.42. The van der Waals surface area contributed by atoms with E-state index in [4.69, 9.17) is 9.47 Å². The SMILES string of the molecule is CCNC(=NCCCOC1CCOC1)NCCC(=O)N(CC)CC.I. The third-order valence-corrected chi connectivity index (χ3v) is 3.91. The highest BCUT2D eigenvalue weighted by atomic mass is 127. The Morgan fingerprint density at radius 2 is 2.04 bits per heavy atom. The highest BCUT2D eigenvalue weighted by Crippen LogP contribution is 2.08. The van der Waals surface area contributed by atoms with Gasteiger partial charge in [-0.25, -0.2) is 0 Å². The van der Waals surface area contributed by atoms with Gasteiger partial charge in [0.25, 0.3) is 0 Å². The van der Waals surface area contributed by atoms with Gasteiger partial charge in [0.05, 0.1) is 12.7 Å². The normalized spacial score (nSPS) is 17.1. The lowest BCUT2D eigenvalue weighted by atomic mass is 10.3. The largest absolute Gasteiger partial charge is 0.379 e. The Balaban J connectivity index is 0.00000576. The number of hydrogen-bond acceptors (Lipinski definition) is 4. The zero-order valence-electron chi connectivity index (χ0n) is 15.9. The van der Waals surface area contributed by atoms with Gasteiger partial charge in [-0.05, 0) is 33.6 Å². The molecule has 1 aliphatic rings. The van der Waals surface area contributed by atoms with Gasteiger partial charge in [0.2, 0.25) is 5.91 Å². The summed E-state index contributed by atoms with van der Waals surface area (Å²) >= 11 is 0. The molecular weight excluding hydrogens is 435 g/mol.